The van der Waals surface area contributed by atoms with Crippen molar-refractivity contribution in [1.82, 2.24) is 5.32 Å². The van der Waals surface area contributed by atoms with Crippen LogP contribution >= 0.6 is 0 Å². The standard InChI is InChI=1S/C20H23N3O/c1-2-17(1)14-24-19-9-5-16(6-10-19)13-15-3-7-18(8-4-15)23-20-21-11-12-22-20/h3-10,17H,1-2,11-14H2,(H2,21,22,23). The maximum absolute atomic E-state index is 5.79. The van der Waals surface area contributed by atoms with Crippen LogP contribution in [0, 0.1) is 5.92 Å². The summed E-state index contributed by atoms with van der Waals surface area (Å²) >= 11 is 0. The Bertz CT molecular complexity index is 703. The Hall–Kier alpha value is -2.49. The van der Waals surface area contributed by atoms with Gasteiger partial charge in [0, 0.05) is 12.2 Å². The number of hydrogen-bond donors (Lipinski definition) is 2. The molecule has 2 aliphatic rings. The largest absolute Gasteiger partial charge is 0.493 e. The molecule has 1 heterocycles. The molecule has 124 valence electrons. The Morgan fingerprint density at radius 1 is 1.00 bits per heavy atom. The molecule has 0 bridgehead atoms. The first kappa shape index (κ1) is 15.1. The maximum Gasteiger partial charge on any atom is 0.195 e. The molecule has 0 unspecified atom stereocenters. The van der Waals surface area contributed by atoms with E-state index in [1.54, 1.807) is 0 Å². The van der Waals surface area contributed by atoms with Crippen molar-refractivity contribution >= 4 is 11.6 Å². The van der Waals surface area contributed by atoms with Crippen molar-refractivity contribution < 1.29 is 4.74 Å². The van der Waals surface area contributed by atoms with E-state index in [1.165, 1.54) is 24.0 Å². The second kappa shape index (κ2) is 6.95. The molecule has 2 aromatic rings. The molecule has 0 saturated heterocycles. The van der Waals surface area contributed by atoms with Gasteiger partial charge in [-0.1, -0.05) is 24.3 Å². The first-order valence-corrected chi connectivity index (χ1v) is 8.71. The Kier molecular flexibility index (Phi) is 4.36. The minimum Gasteiger partial charge on any atom is -0.493 e. The molecule has 4 nitrogen and oxygen atoms in total. The molecule has 0 spiro atoms. The fraction of sp³-hybridized carbons (Fsp3) is 0.350. The fourth-order valence-electron chi connectivity index (χ4n) is 2.76. The van der Waals surface area contributed by atoms with Crippen LogP contribution in [0.15, 0.2) is 53.5 Å². The van der Waals surface area contributed by atoms with E-state index in [1.807, 2.05) is 0 Å². The van der Waals surface area contributed by atoms with Crippen LogP contribution in [-0.4, -0.2) is 25.7 Å². The summed E-state index contributed by atoms with van der Waals surface area (Å²) in [4.78, 5) is 4.34. The zero-order chi connectivity index (χ0) is 16.2. The lowest BCUT2D eigenvalue weighted by Crippen LogP contribution is -2.26. The summed E-state index contributed by atoms with van der Waals surface area (Å²) in [7, 11) is 0. The highest BCUT2D eigenvalue weighted by molar-refractivity contribution is 5.94. The predicted molar refractivity (Wildman–Crippen MR) is 97.8 cm³/mol. The van der Waals surface area contributed by atoms with Gasteiger partial charge in [0.25, 0.3) is 0 Å². The molecule has 24 heavy (non-hydrogen) atoms. The van der Waals surface area contributed by atoms with Crippen molar-refractivity contribution in [3.63, 3.8) is 0 Å². The highest BCUT2D eigenvalue weighted by atomic mass is 16.5. The normalized spacial score (nSPS) is 16.4. The van der Waals surface area contributed by atoms with Crippen LogP contribution < -0.4 is 15.4 Å². The average molecular weight is 321 g/mol. The van der Waals surface area contributed by atoms with Crippen LogP contribution in [0.1, 0.15) is 24.0 Å². The number of guanidine groups is 1. The van der Waals surface area contributed by atoms with Gasteiger partial charge in [-0.2, -0.15) is 0 Å². The highest BCUT2D eigenvalue weighted by Gasteiger charge is 2.21. The minimum atomic E-state index is 0.794. The van der Waals surface area contributed by atoms with Gasteiger partial charge >= 0.3 is 0 Å². The van der Waals surface area contributed by atoms with Crippen LogP contribution in [0.2, 0.25) is 0 Å². The second-order valence-corrected chi connectivity index (χ2v) is 6.55. The topological polar surface area (TPSA) is 45.7 Å². The Balaban J connectivity index is 1.32. The van der Waals surface area contributed by atoms with E-state index in [2.05, 4.69) is 64.2 Å². The third-order valence-corrected chi connectivity index (χ3v) is 4.41. The number of benzene rings is 2. The molecule has 0 atom stereocenters. The lowest BCUT2D eigenvalue weighted by atomic mass is 10.0. The first-order chi connectivity index (χ1) is 11.8. The van der Waals surface area contributed by atoms with Gasteiger partial charge in [0.1, 0.15) is 5.75 Å². The maximum atomic E-state index is 5.79. The fourth-order valence-corrected chi connectivity index (χ4v) is 2.76. The van der Waals surface area contributed by atoms with E-state index >= 15 is 0 Å². The predicted octanol–water partition coefficient (Wildman–Crippen LogP) is 3.44. The van der Waals surface area contributed by atoms with Crippen molar-refractivity contribution in [3.05, 3.63) is 59.7 Å². The van der Waals surface area contributed by atoms with Crippen LogP contribution in [-0.2, 0) is 6.42 Å². The van der Waals surface area contributed by atoms with Crippen molar-refractivity contribution in [3.8, 4) is 5.75 Å². The number of hydrogen-bond acceptors (Lipinski definition) is 4. The zero-order valence-electron chi connectivity index (χ0n) is 13.8. The summed E-state index contributed by atoms with van der Waals surface area (Å²) in [5.74, 6) is 2.64. The monoisotopic (exact) mass is 321 g/mol. The van der Waals surface area contributed by atoms with Crippen molar-refractivity contribution in [2.24, 2.45) is 10.9 Å². The van der Waals surface area contributed by atoms with E-state index in [4.69, 9.17) is 4.74 Å². The zero-order valence-corrected chi connectivity index (χ0v) is 13.8. The summed E-state index contributed by atoms with van der Waals surface area (Å²) in [6.07, 6.45) is 3.58. The number of aliphatic imine (C=N–C) groups is 1. The summed E-state index contributed by atoms with van der Waals surface area (Å²) < 4.78 is 5.79. The Labute approximate surface area is 143 Å². The van der Waals surface area contributed by atoms with Gasteiger partial charge in [-0.3, -0.25) is 4.99 Å². The van der Waals surface area contributed by atoms with Crippen LogP contribution in [0.3, 0.4) is 0 Å². The van der Waals surface area contributed by atoms with E-state index in [-0.39, 0.29) is 0 Å². The smallest absolute Gasteiger partial charge is 0.195 e. The number of anilines is 1. The molecule has 1 fully saturated rings. The molecule has 1 aliphatic heterocycles. The molecule has 0 radical (unpaired) electrons. The first-order valence-electron chi connectivity index (χ1n) is 8.71. The minimum absolute atomic E-state index is 0.794. The molecular weight excluding hydrogens is 298 g/mol. The van der Waals surface area contributed by atoms with Crippen molar-refractivity contribution in [2.75, 3.05) is 25.0 Å². The van der Waals surface area contributed by atoms with Crippen molar-refractivity contribution in [2.45, 2.75) is 19.3 Å². The van der Waals surface area contributed by atoms with Gasteiger partial charge in [0.15, 0.2) is 5.96 Å². The van der Waals surface area contributed by atoms with Crippen molar-refractivity contribution in [1.29, 1.82) is 0 Å². The van der Waals surface area contributed by atoms with Crippen LogP contribution in [0.25, 0.3) is 0 Å². The molecule has 0 aromatic heterocycles. The number of nitrogens with zero attached hydrogens (tertiary/aromatic N) is 1. The molecule has 4 heteroatoms. The van der Waals surface area contributed by atoms with Gasteiger partial charge in [0.05, 0.1) is 13.2 Å². The molecule has 4 rings (SSSR count). The number of nitrogens with one attached hydrogen (secondary N) is 2. The second-order valence-electron chi connectivity index (χ2n) is 6.55. The molecular formula is C20H23N3O. The number of rotatable bonds is 6. The third-order valence-electron chi connectivity index (χ3n) is 4.41. The summed E-state index contributed by atoms with van der Waals surface area (Å²) in [5, 5.41) is 6.50. The summed E-state index contributed by atoms with van der Waals surface area (Å²) in [5.41, 5.74) is 3.67. The van der Waals surface area contributed by atoms with Gasteiger partial charge in [-0.05, 0) is 60.6 Å². The lowest BCUT2D eigenvalue weighted by molar-refractivity contribution is 0.299. The third kappa shape index (κ3) is 4.07. The molecule has 0 amide bonds. The Morgan fingerprint density at radius 2 is 1.71 bits per heavy atom. The summed E-state index contributed by atoms with van der Waals surface area (Å²) in [6.45, 7) is 2.63. The Morgan fingerprint density at radius 3 is 2.33 bits per heavy atom. The quantitative estimate of drug-likeness (QED) is 0.857. The van der Waals surface area contributed by atoms with Crippen LogP contribution in [0.4, 0.5) is 5.69 Å². The van der Waals surface area contributed by atoms with Gasteiger partial charge in [-0.25, -0.2) is 0 Å². The highest BCUT2D eigenvalue weighted by Crippen LogP contribution is 2.29. The average Bonchev–Trinajstić information content (AvgIpc) is 3.31. The van der Waals surface area contributed by atoms with E-state index in [0.29, 0.717) is 0 Å². The SMILES string of the molecule is c1cc(NC2=NCCN2)ccc1Cc1ccc(OCC2CC2)cc1. The van der Waals surface area contributed by atoms with Crippen LogP contribution in [0.5, 0.6) is 5.75 Å². The molecule has 1 saturated carbocycles. The molecule has 2 N–H and O–H groups in total. The molecule has 1 aliphatic carbocycles. The van der Waals surface area contributed by atoms with E-state index in [9.17, 15) is 0 Å². The lowest BCUT2D eigenvalue weighted by Gasteiger charge is -2.09. The van der Waals surface area contributed by atoms with Gasteiger partial charge < -0.3 is 15.4 Å². The van der Waals surface area contributed by atoms with Gasteiger partial charge in [-0.15, -0.1) is 0 Å². The van der Waals surface area contributed by atoms with E-state index in [0.717, 1.165) is 49.4 Å². The summed E-state index contributed by atoms with van der Waals surface area (Å²) in [6, 6.07) is 17.0. The van der Waals surface area contributed by atoms with Gasteiger partial charge in [0.2, 0.25) is 0 Å². The number of ether oxygens (including phenoxy) is 1. The van der Waals surface area contributed by atoms with E-state index < -0.39 is 0 Å². The molecule has 2 aromatic carbocycles.